The number of rotatable bonds is 2. The summed E-state index contributed by atoms with van der Waals surface area (Å²) in [5, 5.41) is 10.8. The topological polar surface area (TPSA) is 66.0 Å². The highest BCUT2D eigenvalue weighted by Gasteiger charge is 2.14. The Balaban J connectivity index is 2.14. The van der Waals surface area contributed by atoms with E-state index in [1.807, 2.05) is 24.3 Å². The fourth-order valence-electron chi connectivity index (χ4n) is 2.03. The van der Waals surface area contributed by atoms with Crippen LogP contribution in [0.2, 0.25) is 0 Å². The van der Waals surface area contributed by atoms with Gasteiger partial charge in [0.1, 0.15) is 11.9 Å². The number of hydrogen-bond acceptors (Lipinski definition) is 3. The molecule has 1 heterocycles. The van der Waals surface area contributed by atoms with Crippen molar-refractivity contribution in [2.24, 2.45) is 0 Å². The summed E-state index contributed by atoms with van der Waals surface area (Å²) < 4.78 is 0. The van der Waals surface area contributed by atoms with E-state index in [9.17, 15) is 9.90 Å². The Kier molecular flexibility index (Phi) is 2.85. The van der Waals surface area contributed by atoms with Gasteiger partial charge < -0.3 is 10.1 Å². The molecule has 0 aliphatic carbocycles. The Morgan fingerprint density at radius 3 is 2.47 bits per heavy atom. The van der Waals surface area contributed by atoms with E-state index >= 15 is 0 Å². The minimum absolute atomic E-state index is 0.240. The van der Waals surface area contributed by atoms with Crippen LogP contribution < -0.4 is 5.56 Å². The average molecular weight is 252 g/mol. The summed E-state index contributed by atoms with van der Waals surface area (Å²) >= 11 is 0. The van der Waals surface area contributed by atoms with E-state index in [2.05, 4.69) is 9.97 Å². The van der Waals surface area contributed by atoms with Crippen LogP contribution in [0.1, 0.15) is 17.5 Å². The molecule has 2 N–H and O–H groups in total. The first-order chi connectivity index (χ1) is 9.25. The molecule has 1 unspecified atom stereocenters. The molecule has 19 heavy (non-hydrogen) atoms. The molecule has 2 aromatic carbocycles. The number of fused-ring (bicyclic) bond motifs is 1. The number of hydrogen-bond donors (Lipinski definition) is 2. The Morgan fingerprint density at radius 2 is 1.68 bits per heavy atom. The van der Waals surface area contributed by atoms with Gasteiger partial charge in [0, 0.05) is 0 Å². The number of H-pyrrole nitrogens is 1. The maximum Gasteiger partial charge on any atom is 0.258 e. The number of aliphatic hydroxyl groups excluding tert-OH is 1. The third-order valence-corrected chi connectivity index (χ3v) is 3.01. The molecule has 4 heteroatoms. The highest BCUT2D eigenvalue weighted by atomic mass is 16.3. The second kappa shape index (κ2) is 4.66. The van der Waals surface area contributed by atoms with Gasteiger partial charge in [0.2, 0.25) is 0 Å². The smallest absolute Gasteiger partial charge is 0.258 e. The van der Waals surface area contributed by atoms with E-state index in [-0.39, 0.29) is 11.4 Å². The number of nitrogens with zero attached hydrogens (tertiary/aromatic N) is 1. The monoisotopic (exact) mass is 252 g/mol. The Bertz CT molecular complexity index is 766. The van der Waals surface area contributed by atoms with Gasteiger partial charge in [-0.2, -0.15) is 0 Å². The second-order valence-corrected chi connectivity index (χ2v) is 4.28. The van der Waals surface area contributed by atoms with E-state index in [4.69, 9.17) is 0 Å². The molecule has 0 spiro atoms. The molecule has 4 nitrogen and oxygen atoms in total. The number of aromatic nitrogens is 2. The fourth-order valence-corrected chi connectivity index (χ4v) is 2.03. The molecule has 0 bridgehead atoms. The molecule has 94 valence electrons. The van der Waals surface area contributed by atoms with Crippen LogP contribution in [0.25, 0.3) is 10.9 Å². The number of aliphatic hydroxyl groups is 1. The van der Waals surface area contributed by atoms with Gasteiger partial charge in [0.05, 0.1) is 10.9 Å². The van der Waals surface area contributed by atoms with Gasteiger partial charge >= 0.3 is 0 Å². The van der Waals surface area contributed by atoms with Crippen LogP contribution in [-0.2, 0) is 0 Å². The highest BCUT2D eigenvalue weighted by molar-refractivity contribution is 5.77. The molecule has 0 aliphatic rings. The van der Waals surface area contributed by atoms with Crippen molar-refractivity contribution < 1.29 is 5.11 Å². The lowest BCUT2D eigenvalue weighted by Gasteiger charge is -2.10. The molecular formula is C15H12N2O2. The predicted molar refractivity (Wildman–Crippen MR) is 72.9 cm³/mol. The molecule has 0 saturated carbocycles. The molecule has 0 radical (unpaired) electrons. The Labute approximate surface area is 109 Å². The van der Waals surface area contributed by atoms with E-state index < -0.39 is 6.10 Å². The van der Waals surface area contributed by atoms with Crippen LogP contribution in [0.4, 0.5) is 0 Å². The van der Waals surface area contributed by atoms with E-state index in [0.29, 0.717) is 16.5 Å². The number of benzene rings is 2. The van der Waals surface area contributed by atoms with Gasteiger partial charge in [0.25, 0.3) is 5.56 Å². The van der Waals surface area contributed by atoms with Crippen molar-refractivity contribution >= 4 is 10.9 Å². The summed E-state index contributed by atoms with van der Waals surface area (Å²) in [7, 11) is 0. The fraction of sp³-hybridized carbons (Fsp3) is 0.0667. The summed E-state index contributed by atoms with van der Waals surface area (Å²) in [6.07, 6.45) is -0.932. The first-order valence-electron chi connectivity index (χ1n) is 5.97. The minimum Gasteiger partial charge on any atom is -0.380 e. The van der Waals surface area contributed by atoms with Gasteiger partial charge in [-0.05, 0) is 17.7 Å². The number of para-hydroxylation sites is 1. The SMILES string of the molecule is O=c1[nH]c(C(O)c2ccccc2)nc2ccccc12. The van der Waals surface area contributed by atoms with Crippen LogP contribution in [0.15, 0.2) is 59.4 Å². The summed E-state index contributed by atoms with van der Waals surface area (Å²) in [6, 6.07) is 16.2. The van der Waals surface area contributed by atoms with Gasteiger partial charge in [0.15, 0.2) is 0 Å². The van der Waals surface area contributed by atoms with Crippen molar-refractivity contribution in [1.29, 1.82) is 0 Å². The van der Waals surface area contributed by atoms with Crippen LogP contribution in [-0.4, -0.2) is 15.1 Å². The third-order valence-electron chi connectivity index (χ3n) is 3.01. The van der Waals surface area contributed by atoms with Crippen molar-refractivity contribution in [3.63, 3.8) is 0 Å². The molecule has 1 atom stereocenters. The maximum absolute atomic E-state index is 11.9. The van der Waals surface area contributed by atoms with Crippen LogP contribution in [0, 0.1) is 0 Å². The van der Waals surface area contributed by atoms with E-state index in [1.165, 1.54) is 0 Å². The van der Waals surface area contributed by atoms with Crippen molar-refractivity contribution in [2.75, 3.05) is 0 Å². The first-order valence-corrected chi connectivity index (χ1v) is 5.97. The summed E-state index contributed by atoms with van der Waals surface area (Å²) in [5.41, 5.74) is 1.03. The van der Waals surface area contributed by atoms with Crippen LogP contribution in [0.5, 0.6) is 0 Å². The summed E-state index contributed by atoms with van der Waals surface area (Å²) in [5.74, 6) is 0.259. The predicted octanol–water partition coefficient (Wildman–Crippen LogP) is 2.00. The lowest BCUT2D eigenvalue weighted by atomic mass is 10.1. The Hall–Kier alpha value is -2.46. The molecule has 3 aromatic rings. The second-order valence-electron chi connectivity index (χ2n) is 4.28. The van der Waals surface area contributed by atoms with E-state index in [0.717, 1.165) is 0 Å². The highest BCUT2D eigenvalue weighted by Crippen LogP contribution is 2.18. The van der Waals surface area contributed by atoms with E-state index in [1.54, 1.807) is 30.3 Å². The minimum atomic E-state index is -0.932. The van der Waals surface area contributed by atoms with Gasteiger partial charge in [-0.3, -0.25) is 4.79 Å². The third kappa shape index (κ3) is 2.13. The summed E-state index contributed by atoms with van der Waals surface area (Å²) in [4.78, 5) is 18.9. The standard InChI is InChI=1S/C15H12N2O2/c18-13(10-6-2-1-3-7-10)14-16-12-9-5-4-8-11(12)15(19)17-14/h1-9,13,18H,(H,16,17,19). The zero-order valence-electron chi connectivity index (χ0n) is 10.1. The number of aromatic amines is 1. The van der Waals surface area contributed by atoms with Gasteiger partial charge in [-0.1, -0.05) is 42.5 Å². The lowest BCUT2D eigenvalue weighted by Crippen LogP contribution is -2.15. The van der Waals surface area contributed by atoms with Crippen LogP contribution in [0.3, 0.4) is 0 Å². The lowest BCUT2D eigenvalue weighted by molar-refractivity contribution is 0.210. The zero-order valence-corrected chi connectivity index (χ0v) is 10.1. The van der Waals surface area contributed by atoms with Gasteiger partial charge in [-0.15, -0.1) is 0 Å². The first kappa shape index (κ1) is 11.6. The van der Waals surface area contributed by atoms with Crippen molar-refractivity contribution in [1.82, 2.24) is 9.97 Å². The summed E-state index contributed by atoms with van der Waals surface area (Å²) in [6.45, 7) is 0. The van der Waals surface area contributed by atoms with Crippen LogP contribution >= 0.6 is 0 Å². The normalized spacial score (nSPS) is 12.5. The molecule has 3 rings (SSSR count). The van der Waals surface area contributed by atoms with Crippen molar-refractivity contribution in [3.8, 4) is 0 Å². The molecule has 1 aromatic heterocycles. The average Bonchev–Trinajstić information content (AvgIpc) is 2.47. The molecule has 0 amide bonds. The molecular weight excluding hydrogens is 240 g/mol. The molecule has 0 aliphatic heterocycles. The molecule has 0 fully saturated rings. The Morgan fingerprint density at radius 1 is 1.00 bits per heavy atom. The quantitative estimate of drug-likeness (QED) is 0.733. The number of nitrogens with one attached hydrogen (secondary N) is 1. The van der Waals surface area contributed by atoms with Crippen molar-refractivity contribution in [3.05, 3.63) is 76.3 Å². The zero-order chi connectivity index (χ0) is 13.2. The van der Waals surface area contributed by atoms with Gasteiger partial charge in [-0.25, -0.2) is 4.98 Å². The maximum atomic E-state index is 11.9. The molecule has 0 saturated heterocycles. The van der Waals surface area contributed by atoms with Crippen molar-refractivity contribution in [2.45, 2.75) is 6.10 Å². The largest absolute Gasteiger partial charge is 0.380 e.